The molecule has 2 aromatic rings. The van der Waals surface area contributed by atoms with Gasteiger partial charge in [0.1, 0.15) is 5.75 Å². The van der Waals surface area contributed by atoms with E-state index in [1.165, 1.54) is 11.3 Å². The molecule has 1 N–H and O–H groups in total. The summed E-state index contributed by atoms with van der Waals surface area (Å²) >= 11 is 3.45. The number of likely N-dealkylation sites (tertiary alicyclic amines) is 1. The molecular formula is C22H24BrN3O2. The Morgan fingerprint density at radius 3 is 2.89 bits per heavy atom. The molecule has 1 saturated heterocycles. The van der Waals surface area contributed by atoms with Gasteiger partial charge >= 0.3 is 0 Å². The predicted molar refractivity (Wildman–Crippen MR) is 114 cm³/mol. The van der Waals surface area contributed by atoms with Gasteiger partial charge in [0.05, 0.1) is 24.5 Å². The zero-order valence-corrected chi connectivity index (χ0v) is 17.3. The molecule has 2 atom stereocenters. The van der Waals surface area contributed by atoms with E-state index in [4.69, 9.17) is 4.74 Å². The van der Waals surface area contributed by atoms with Crippen LogP contribution in [0, 0.1) is 0 Å². The molecule has 3 aliphatic rings. The van der Waals surface area contributed by atoms with E-state index in [-0.39, 0.29) is 5.91 Å². The first-order chi connectivity index (χ1) is 13.7. The summed E-state index contributed by atoms with van der Waals surface area (Å²) in [7, 11) is 0. The van der Waals surface area contributed by atoms with E-state index in [0.717, 1.165) is 55.0 Å². The maximum absolute atomic E-state index is 12.1. The number of fused-ring (bicyclic) bond motifs is 3. The molecule has 146 valence electrons. The number of ether oxygens (including phenoxy) is 1. The number of para-hydroxylation sites is 1. The van der Waals surface area contributed by atoms with Crippen molar-refractivity contribution in [2.75, 3.05) is 43.0 Å². The van der Waals surface area contributed by atoms with E-state index in [9.17, 15) is 4.79 Å². The number of nitrogens with zero attached hydrogens (tertiary/aromatic N) is 2. The molecule has 3 heterocycles. The van der Waals surface area contributed by atoms with Crippen LogP contribution in [0.2, 0.25) is 0 Å². The summed E-state index contributed by atoms with van der Waals surface area (Å²) in [6.07, 6.45) is 2.13. The third-order valence-electron chi connectivity index (χ3n) is 6.10. The lowest BCUT2D eigenvalue weighted by molar-refractivity contribution is -0.115. The normalized spacial score (nSPS) is 23.2. The summed E-state index contributed by atoms with van der Waals surface area (Å²) in [6, 6.07) is 14.8. The van der Waals surface area contributed by atoms with Gasteiger partial charge in [0.25, 0.3) is 0 Å². The minimum absolute atomic E-state index is 0.109. The van der Waals surface area contributed by atoms with Crippen molar-refractivity contribution in [1.82, 2.24) is 4.90 Å². The largest absolute Gasteiger partial charge is 0.494 e. The molecule has 6 heteroatoms. The number of amides is 1. The monoisotopic (exact) mass is 441 g/mol. The van der Waals surface area contributed by atoms with Crippen LogP contribution in [0.1, 0.15) is 24.3 Å². The number of rotatable bonds is 5. The molecular weight excluding hydrogens is 418 g/mol. The first-order valence-electron chi connectivity index (χ1n) is 9.99. The Hall–Kier alpha value is -2.05. The molecule has 2 unspecified atom stereocenters. The van der Waals surface area contributed by atoms with Crippen LogP contribution >= 0.6 is 15.9 Å². The number of nitrogens with one attached hydrogen (secondary N) is 1. The Bertz CT molecular complexity index is 886. The predicted octanol–water partition coefficient (Wildman–Crippen LogP) is 3.85. The fourth-order valence-electron chi connectivity index (χ4n) is 4.89. The van der Waals surface area contributed by atoms with Gasteiger partial charge < -0.3 is 19.9 Å². The van der Waals surface area contributed by atoms with Gasteiger partial charge in [-0.3, -0.25) is 4.79 Å². The van der Waals surface area contributed by atoms with Crippen molar-refractivity contribution >= 4 is 33.2 Å². The van der Waals surface area contributed by atoms with E-state index in [1.807, 2.05) is 30.3 Å². The van der Waals surface area contributed by atoms with Crippen molar-refractivity contribution in [2.24, 2.45) is 0 Å². The minimum atomic E-state index is 0.109. The van der Waals surface area contributed by atoms with Crippen molar-refractivity contribution in [3.8, 4) is 5.75 Å². The summed E-state index contributed by atoms with van der Waals surface area (Å²) in [6.45, 7) is 4.42. The van der Waals surface area contributed by atoms with Crippen molar-refractivity contribution in [3.63, 3.8) is 0 Å². The van der Waals surface area contributed by atoms with Crippen LogP contribution in [-0.2, 0) is 4.79 Å². The number of hydrogen-bond donors (Lipinski definition) is 1. The molecule has 5 rings (SSSR count). The summed E-state index contributed by atoms with van der Waals surface area (Å²) in [5.41, 5.74) is 3.65. The molecule has 3 aliphatic heterocycles. The molecule has 0 spiro atoms. The van der Waals surface area contributed by atoms with E-state index in [0.29, 0.717) is 18.5 Å². The lowest BCUT2D eigenvalue weighted by Gasteiger charge is -2.39. The van der Waals surface area contributed by atoms with E-state index >= 15 is 0 Å². The summed E-state index contributed by atoms with van der Waals surface area (Å²) < 4.78 is 6.93. The highest BCUT2D eigenvalue weighted by atomic mass is 79.9. The minimum Gasteiger partial charge on any atom is -0.494 e. The van der Waals surface area contributed by atoms with Crippen molar-refractivity contribution in [1.29, 1.82) is 0 Å². The third kappa shape index (κ3) is 3.29. The highest BCUT2D eigenvalue weighted by Crippen LogP contribution is 2.49. The summed E-state index contributed by atoms with van der Waals surface area (Å²) in [4.78, 5) is 17.0. The molecule has 28 heavy (non-hydrogen) atoms. The van der Waals surface area contributed by atoms with E-state index in [1.54, 1.807) is 0 Å². The standard InChI is InChI=1S/C22H24BrN3O2/c23-15-5-7-16(8-6-15)28-12-2-10-25-11-9-20-18(13-25)17-3-1-4-19-22(17)26(20)14-21(27)24-19/h1,3-8,18,20H,2,9-14H2,(H,24,27). The quantitative estimate of drug-likeness (QED) is 0.715. The molecule has 2 aromatic carbocycles. The third-order valence-corrected chi connectivity index (χ3v) is 6.63. The number of piperidine rings is 1. The lowest BCUT2D eigenvalue weighted by Crippen LogP contribution is -2.49. The van der Waals surface area contributed by atoms with Crippen LogP contribution in [0.3, 0.4) is 0 Å². The topological polar surface area (TPSA) is 44.8 Å². The van der Waals surface area contributed by atoms with Crippen LogP contribution in [0.4, 0.5) is 11.4 Å². The summed E-state index contributed by atoms with van der Waals surface area (Å²) in [5, 5.41) is 3.04. The molecule has 0 aliphatic carbocycles. The van der Waals surface area contributed by atoms with Crippen molar-refractivity contribution in [2.45, 2.75) is 24.8 Å². The maximum atomic E-state index is 12.1. The van der Waals surface area contributed by atoms with Crippen LogP contribution < -0.4 is 15.0 Å². The zero-order chi connectivity index (χ0) is 19.1. The first kappa shape index (κ1) is 18.0. The Labute approximate surface area is 173 Å². The number of hydrogen-bond acceptors (Lipinski definition) is 4. The Kier molecular flexibility index (Phi) is 4.77. The molecule has 0 aromatic heterocycles. The fourth-order valence-corrected chi connectivity index (χ4v) is 5.15. The average molecular weight is 442 g/mol. The first-order valence-corrected chi connectivity index (χ1v) is 10.8. The van der Waals surface area contributed by atoms with Crippen LogP contribution in [0.15, 0.2) is 46.9 Å². The fraction of sp³-hybridized carbons (Fsp3) is 0.409. The average Bonchev–Trinajstić information content (AvgIpc) is 3.01. The van der Waals surface area contributed by atoms with Gasteiger partial charge in [-0.1, -0.05) is 28.1 Å². The maximum Gasteiger partial charge on any atom is 0.243 e. The summed E-state index contributed by atoms with van der Waals surface area (Å²) in [5.74, 6) is 1.52. The van der Waals surface area contributed by atoms with Crippen LogP contribution in [0.25, 0.3) is 0 Å². The van der Waals surface area contributed by atoms with Gasteiger partial charge in [-0.2, -0.15) is 0 Å². The van der Waals surface area contributed by atoms with Gasteiger partial charge in [0.2, 0.25) is 5.91 Å². The molecule has 0 radical (unpaired) electrons. The molecule has 0 saturated carbocycles. The number of anilines is 2. The second-order valence-electron chi connectivity index (χ2n) is 7.84. The van der Waals surface area contributed by atoms with E-state index < -0.39 is 0 Å². The molecule has 1 fully saturated rings. The van der Waals surface area contributed by atoms with Gasteiger partial charge in [0.15, 0.2) is 0 Å². The lowest BCUT2D eigenvalue weighted by atomic mass is 9.89. The van der Waals surface area contributed by atoms with Crippen molar-refractivity contribution in [3.05, 3.63) is 52.5 Å². The van der Waals surface area contributed by atoms with Crippen LogP contribution in [0.5, 0.6) is 5.75 Å². The molecule has 1 amide bonds. The van der Waals surface area contributed by atoms with Crippen molar-refractivity contribution < 1.29 is 9.53 Å². The Morgan fingerprint density at radius 1 is 1.18 bits per heavy atom. The van der Waals surface area contributed by atoms with E-state index in [2.05, 4.69) is 43.2 Å². The van der Waals surface area contributed by atoms with Gasteiger partial charge in [-0.15, -0.1) is 0 Å². The number of carbonyl (C=O) groups is 1. The second kappa shape index (κ2) is 7.41. The number of halogens is 1. The highest BCUT2D eigenvalue weighted by Gasteiger charge is 2.44. The smallest absolute Gasteiger partial charge is 0.243 e. The SMILES string of the molecule is O=C1CN2c3c(cccc3C3CN(CCCOc4ccc(Br)cc4)CCC32)N1. The van der Waals surface area contributed by atoms with Gasteiger partial charge in [0, 0.05) is 36.1 Å². The molecule has 5 nitrogen and oxygen atoms in total. The Morgan fingerprint density at radius 2 is 2.04 bits per heavy atom. The highest BCUT2D eigenvalue weighted by molar-refractivity contribution is 9.10. The second-order valence-corrected chi connectivity index (χ2v) is 8.75. The molecule has 0 bridgehead atoms. The Balaban J connectivity index is 1.20. The number of carbonyl (C=O) groups excluding carboxylic acids is 1. The zero-order valence-electron chi connectivity index (χ0n) is 15.7. The van der Waals surface area contributed by atoms with Gasteiger partial charge in [-0.25, -0.2) is 0 Å². The van der Waals surface area contributed by atoms with Crippen LogP contribution in [-0.4, -0.2) is 49.6 Å². The number of benzene rings is 2. The van der Waals surface area contributed by atoms with Gasteiger partial charge in [-0.05, 0) is 48.7 Å².